The van der Waals surface area contributed by atoms with E-state index in [1.165, 1.54) is 12.3 Å². The number of hydrogen-bond donors (Lipinski definition) is 2. The Morgan fingerprint density at radius 2 is 2.00 bits per heavy atom. The molecule has 1 rings (SSSR count). The molecule has 1 aromatic carbocycles. The molecule has 0 saturated heterocycles. The summed E-state index contributed by atoms with van der Waals surface area (Å²) >= 11 is 0. The lowest BCUT2D eigenvalue weighted by atomic mass is 10.1. The molecule has 5 nitrogen and oxygen atoms in total. The summed E-state index contributed by atoms with van der Waals surface area (Å²) in [5.41, 5.74) is 1.52. The minimum absolute atomic E-state index is 0. The van der Waals surface area contributed by atoms with E-state index >= 15 is 0 Å². The van der Waals surface area contributed by atoms with Gasteiger partial charge in [-0.2, -0.15) is 0 Å². The van der Waals surface area contributed by atoms with Crippen molar-refractivity contribution in [3.05, 3.63) is 35.1 Å². The summed E-state index contributed by atoms with van der Waals surface area (Å²) in [5, 5.41) is 6.18. The van der Waals surface area contributed by atoms with Gasteiger partial charge in [0.05, 0.1) is 12.3 Å². The fourth-order valence-electron chi connectivity index (χ4n) is 1.86. The zero-order chi connectivity index (χ0) is 16.6. The van der Waals surface area contributed by atoms with Crippen molar-refractivity contribution in [1.29, 1.82) is 0 Å². The first-order valence-corrected chi connectivity index (χ1v) is 9.33. The summed E-state index contributed by atoms with van der Waals surface area (Å²) in [6.45, 7) is 5.34. The molecule has 0 saturated carbocycles. The Morgan fingerprint density at radius 3 is 2.57 bits per heavy atom. The van der Waals surface area contributed by atoms with Crippen LogP contribution in [-0.4, -0.2) is 39.5 Å². The number of nitrogens with one attached hydrogen (secondary N) is 2. The van der Waals surface area contributed by atoms with E-state index in [2.05, 4.69) is 15.6 Å². The van der Waals surface area contributed by atoms with Crippen LogP contribution in [0.3, 0.4) is 0 Å². The lowest BCUT2D eigenvalue weighted by Crippen LogP contribution is -2.38. The van der Waals surface area contributed by atoms with E-state index in [9.17, 15) is 12.8 Å². The van der Waals surface area contributed by atoms with E-state index in [-0.39, 0.29) is 35.5 Å². The average Bonchev–Trinajstić information content (AvgIpc) is 2.43. The molecule has 0 bridgehead atoms. The third-order valence-electron chi connectivity index (χ3n) is 2.97. The number of aliphatic imine (C=N–C) groups is 1. The zero-order valence-electron chi connectivity index (χ0n) is 13.7. The van der Waals surface area contributed by atoms with Crippen molar-refractivity contribution in [2.75, 3.05) is 25.1 Å². The summed E-state index contributed by atoms with van der Waals surface area (Å²) in [6, 6.07) is 4.91. The predicted octanol–water partition coefficient (Wildman–Crippen LogP) is 2.24. The summed E-state index contributed by atoms with van der Waals surface area (Å²) < 4.78 is 35.3. The molecule has 0 heterocycles. The summed E-state index contributed by atoms with van der Waals surface area (Å²) in [7, 11) is -2.93. The van der Waals surface area contributed by atoms with Gasteiger partial charge in [-0.25, -0.2) is 17.8 Å². The number of hydrogen-bond acceptors (Lipinski definition) is 3. The Kier molecular flexibility index (Phi) is 10.4. The normalized spacial score (nSPS) is 11.7. The van der Waals surface area contributed by atoms with Gasteiger partial charge in [0.2, 0.25) is 0 Å². The quantitative estimate of drug-likeness (QED) is 0.285. The maximum Gasteiger partial charge on any atom is 0.191 e. The van der Waals surface area contributed by atoms with Crippen LogP contribution in [0.15, 0.2) is 23.2 Å². The molecule has 2 N–H and O–H groups in total. The van der Waals surface area contributed by atoms with Gasteiger partial charge in [0.1, 0.15) is 15.7 Å². The predicted molar refractivity (Wildman–Crippen MR) is 104 cm³/mol. The van der Waals surface area contributed by atoms with E-state index in [1.54, 1.807) is 19.1 Å². The molecule has 0 fully saturated rings. The van der Waals surface area contributed by atoms with Gasteiger partial charge < -0.3 is 10.6 Å². The number of guanidine groups is 1. The molecule has 23 heavy (non-hydrogen) atoms. The Balaban J connectivity index is 0.00000484. The lowest BCUT2D eigenvalue weighted by molar-refractivity contribution is 0.598. The van der Waals surface area contributed by atoms with Crippen LogP contribution in [0.2, 0.25) is 0 Å². The Hall–Kier alpha value is -0.900. The molecule has 0 amide bonds. The fourth-order valence-corrected chi connectivity index (χ4v) is 2.53. The minimum Gasteiger partial charge on any atom is -0.357 e. The van der Waals surface area contributed by atoms with Gasteiger partial charge in [-0.15, -0.1) is 24.0 Å². The first-order chi connectivity index (χ1) is 10.3. The standard InChI is InChI=1S/C15H24FN3O2S.HI/c1-4-17-15(18-8-5-9-22(3,20)21)19-11-13-6-7-14(16)12(2)10-13;/h6-7,10H,4-5,8-9,11H2,1-3H3,(H2,17,18,19);1H. The number of nitrogens with zero attached hydrogens (tertiary/aromatic N) is 1. The van der Waals surface area contributed by atoms with Crippen LogP contribution < -0.4 is 10.6 Å². The van der Waals surface area contributed by atoms with E-state index < -0.39 is 9.84 Å². The van der Waals surface area contributed by atoms with Crippen LogP contribution in [-0.2, 0) is 16.4 Å². The van der Waals surface area contributed by atoms with Crippen LogP contribution in [0.1, 0.15) is 24.5 Å². The van der Waals surface area contributed by atoms with Crippen molar-refractivity contribution in [3.63, 3.8) is 0 Å². The Morgan fingerprint density at radius 1 is 1.30 bits per heavy atom. The third-order valence-corrected chi connectivity index (χ3v) is 4.00. The molecule has 8 heteroatoms. The number of sulfone groups is 1. The maximum absolute atomic E-state index is 13.2. The van der Waals surface area contributed by atoms with Gasteiger partial charge in [-0.3, -0.25) is 0 Å². The molecule has 0 aliphatic rings. The highest BCUT2D eigenvalue weighted by atomic mass is 127. The first kappa shape index (κ1) is 22.1. The second-order valence-corrected chi connectivity index (χ2v) is 7.45. The van der Waals surface area contributed by atoms with E-state index in [4.69, 9.17) is 0 Å². The number of rotatable bonds is 7. The molecule has 0 aliphatic carbocycles. The Bertz CT molecular complexity index is 621. The van der Waals surface area contributed by atoms with Gasteiger partial charge in [0, 0.05) is 19.3 Å². The molecule has 1 aromatic rings. The van der Waals surface area contributed by atoms with Crippen LogP contribution in [0, 0.1) is 12.7 Å². The van der Waals surface area contributed by atoms with Gasteiger partial charge in [0.15, 0.2) is 5.96 Å². The highest BCUT2D eigenvalue weighted by molar-refractivity contribution is 14.0. The molecule has 0 spiro atoms. The van der Waals surface area contributed by atoms with Crippen LogP contribution in [0.4, 0.5) is 4.39 Å². The van der Waals surface area contributed by atoms with E-state index in [1.807, 2.05) is 6.92 Å². The molecular formula is C15H25FIN3O2S. The second-order valence-electron chi connectivity index (χ2n) is 5.19. The molecule has 0 atom stereocenters. The van der Waals surface area contributed by atoms with E-state index in [0.717, 1.165) is 5.56 Å². The van der Waals surface area contributed by atoms with Gasteiger partial charge in [0.25, 0.3) is 0 Å². The van der Waals surface area contributed by atoms with Crippen molar-refractivity contribution in [2.24, 2.45) is 4.99 Å². The van der Waals surface area contributed by atoms with Crippen molar-refractivity contribution in [1.82, 2.24) is 10.6 Å². The van der Waals surface area contributed by atoms with Crippen molar-refractivity contribution in [3.8, 4) is 0 Å². The minimum atomic E-state index is -2.93. The summed E-state index contributed by atoms with van der Waals surface area (Å²) in [4.78, 5) is 4.41. The number of halogens is 2. The maximum atomic E-state index is 13.2. The molecule has 132 valence electrons. The topological polar surface area (TPSA) is 70.6 Å². The molecule has 0 aliphatic heterocycles. The highest BCUT2D eigenvalue weighted by Gasteiger charge is 2.03. The molecule has 0 radical (unpaired) electrons. The van der Waals surface area contributed by atoms with Gasteiger partial charge in [-0.05, 0) is 37.5 Å². The van der Waals surface area contributed by atoms with Gasteiger partial charge >= 0.3 is 0 Å². The molecular weight excluding hydrogens is 432 g/mol. The van der Waals surface area contributed by atoms with Crippen LogP contribution in [0.5, 0.6) is 0 Å². The van der Waals surface area contributed by atoms with Crippen molar-refractivity contribution >= 4 is 39.8 Å². The number of aryl methyl sites for hydroxylation is 1. The summed E-state index contributed by atoms with van der Waals surface area (Å²) in [6.07, 6.45) is 1.75. The summed E-state index contributed by atoms with van der Waals surface area (Å²) in [5.74, 6) is 0.549. The highest BCUT2D eigenvalue weighted by Crippen LogP contribution is 2.09. The fraction of sp³-hybridized carbons (Fsp3) is 0.533. The van der Waals surface area contributed by atoms with Crippen molar-refractivity contribution < 1.29 is 12.8 Å². The third kappa shape index (κ3) is 9.75. The zero-order valence-corrected chi connectivity index (χ0v) is 16.9. The lowest BCUT2D eigenvalue weighted by Gasteiger charge is -2.11. The molecule has 0 unspecified atom stereocenters. The largest absolute Gasteiger partial charge is 0.357 e. The van der Waals surface area contributed by atoms with Gasteiger partial charge in [-0.1, -0.05) is 12.1 Å². The first-order valence-electron chi connectivity index (χ1n) is 7.26. The second kappa shape index (κ2) is 10.8. The Labute approximate surface area is 155 Å². The van der Waals surface area contributed by atoms with E-state index in [0.29, 0.717) is 37.6 Å². The SMILES string of the molecule is CCNC(=NCc1ccc(F)c(C)c1)NCCCS(C)(=O)=O.I. The van der Waals surface area contributed by atoms with Crippen LogP contribution >= 0.6 is 24.0 Å². The number of benzene rings is 1. The van der Waals surface area contributed by atoms with Crippen LogP contribution in [0.25, 0.3) is 0 Å². The smallest absolute Gasteiger partial charge is 0.191 e. The average molecular weight is 457 g/mol. The van der Waals surface area contributed by atoms with Crippen molar-refractivity contribution in [2.45, 2.75) is 26.8 Å². The molecule has 0 aromatic heterocycles. The monoisotopic (exact) mass is 457 g/mol.